The quantitative estimate of drug-likeness (QED) is 0.304. The summed E-state index contributed by atoms with van der Waals surface area (Å²) in [5, 5.41) is 0. The Bertz CT molecular complexity index is 1190. The Morgan fingerprint density at radius 2 is 1.46 bits per heavy atom. The number of fused-ring (bicyclic) bond motifs is 2. The summed E-state index contributed by atoms with van der Waals surface area (Å²) >= 11 is 0. The fraction of sp³-hybridized carbons (Fsp3) is 0.0909. The second-order valence-corrected chi connectivity index (χ2v) is 6.02. The molecule has 1 aromatic heterocycles. The van der Waals surface area contributed by atoms with Crippen LogP contribution in [0.5, 0.6) is 5.75 Å². The van der Waals surface area contributed by atoms with Gasteiger partial charge < -0.3 is 9.47 Å². The van der Waals surface area contributed by atoms with Crippen molar-refractivity contribution >= 4 is 34.0 Å². The molecule has 0 radical (unpaired) electrons. The molecule has 3 aromatic carbocycles. The predicted octanol–water partition coefficient (Wildman–Crippen LogP) is 4.18. The van der Waals surface area contributed by atoms with Gasteiger partial charge in [-0.05, 0) is 55.5 Å². The van der Waals surface area contributed by atoms with E-state index in [1.165, 1.54) is 0 Å². The van der Waals surface area contributed by atoms with Crippen LogP contribution in [0.2, 0.25) is 0 Å². The molecule has 4 aromatic rings. The van der Waals surface area contributed by atoms with Crippen LogP contribution in [0.3, 0.4) is 0 Å². The lowest BCUT2D eigenvalue weighted by Crippen LogP contribution is -2.10. The summed E-state index contributed by atoms with van der Waals surface area (Å²) in [5.41, 5.74) is 3.28. The molecule has 0 saturated carbocycles. The number of benzene rings is 3. The fourth-order valence-corrected chi connectivity index (χ4v) is 2.84. The lowest BCUT2D eigenvalue weighted by Gasteiger charge is -2.08. The van der Waals surface area contributed by atoms with E-state index in [0.717, 1.165) is 5.52 Å². The highest BCUT2D eigenvalue weighted by Crippen LogP contribution is 2.21. The van der Waals surface area contributed by atoms with Gasteiger partial charge in [-0.3, -0.25) is 0 Å². The van der Waals surface area contributed by atoms with Gasteiger partial charge in [0.25, 0.3) is 0 Å². The number of hydrogen-bond acceptors (Lipinski definition) is 6. The van der Waals surface area contributed by atoms with E-state index in [9.17, 15) is 9.59 Å². The van der Waals surface area contributed by atoms with Crippen LogP contribution in [0.4, 0.5) is 0 Å². The highest BCUT2D eigenvalue weighted by Gasteiger charge is 2.15. The third kappa shape index (κ3) is 3.40. The van der Waals surface area contributed by atoms with E-state index in [1.807, 2.05) is 24.3 Å². The molecule has 0 unspecified atom stereocenters. The van der Waals surface area contributed by atoms with E-state index in [-0.39, 0.29) is 0 Å². The molecule has 0 bridgehead atoms. The molecule has 4 rings (SSSR count). The molecule has 138 valence electrons. The first kappa shape index (κ1) is 17.6. The molecule has 0 aliphatic rings. The molecule has 0 aliphatic carbocycles. The first-order valence-electron chi connectivity index (χ1n) is 8.80. The van der Waals surface area contributed by atoms with Crippen molar-refractivity contribution in [1.82, 2.24) is 9.97 Å². The SMILES string of the molecule is CCOC(=O)c1ccc(OC(=O)c2cccc3nc4ccccc4nc23)cc1. The minimum absolute atomic E-state index is 0.298. The Labute approximate surface area is 160 Å². The van der Waals surface area contributed by atoms with Gasteiger partial charge >= 0.3 is 11.9 Å². The summed E-state index contributed by atoms with van der Waals surface area (Å²) in [6, 6.07) is 18.9. The zero-order valence-corrected chi connectivity index (χ0v) is 15.1. The molecular weight excluding hydrogens is 356 g/mol. The number of hydrogen-bond donors (Lipinski definition) is 0. The van der Waals surface area contributed by atoms with Crippen LogP contribution in [0.25, 0.3) is 22.1 Å². The van der Waals surface area contributed by atoms with E-state index >= 15 is 0 Å². The lowest BCUT2D eigenvalue weighted by atomic mass is 10.1. The van der Waals surface area contributed by atoms with Crippen LogP contribution < -0.4 is 4.74 Å². The molecule has 0 fully saturated rings. The van der Waals surface area contributed by atoms with Crippen molar-refractivity contribution in [2.45, 2.75) is 6.92 Å². The highest BCUT2D eigenvalue weighted by molar-refractivity contribution is 6.04. The minimum Gasteiger partial charge on any atom is -0.462 e. The van der Waals surface area contributed by atoms with Gasteiger partial charge in [0.1, 0.15) is 11.3 Å². The molecule has 0 spiro atoms. The number of aromatic nitrogens is 2. The Kier molecular flexibility index (Phi) is 4.68. The molecule has 28 heavy (non-hydrogen) atoms. The Morgan fingerprint density at radius 3 is 2.18 bits per heavy atom. The minimum atomic E-state index is -0.543. The summed E-state index contributed by atoms with van der Waals surface area (Å²) in [4.78, 5) is 33.5. The number of carbonyl (C=O) groups excluding carboxylic acids is 2. The van der Waals surface area contributed by atoms with Gasteiger partial charge in [0, 0.05) is 0 Å². The summed E-state index contributed by atoms with van der Waals surface area (Å²) in [7, 11) is 0. The van der Waals surface area contributed by atoms with E-state index in [0.29, 0.717) is 40.0 Å². The normalized spacial score (nSPS) is 10.8. The van der Waals surface area contributed by atoms with Crippen molar-refractivity contribution in [3.63, 3.8) is 0 Å². The molecular formula is C22H16N2O4. The predicted molar refractivity (Wildman–Crippen MR) is 104 cm³/mol. The number of esters is 2. The zero-order valence-electron chi connectivity index (χ0n) is 15.1. The van der Waals surface area contributed by atoms with Crippen molar-refractivity contribution in [1.29, 1.82) is 0 Å². The lowest BCUT2D eigenvalue weighted by molar-refractivity contribution is 0.0526. The number of rotatable bonds is 4. The van der Waals surface area contributed by atoms with Gasteiger partial charge in [-0.2, -0.15) is 0 Å². The van der Waals surface area contributed by atoms with Crippen molar-refractivity contribution in [3.8, 4) is 5.75 Å². The summed E-state index contributed by atoms with van der Waals surface area (Å²) in [6.45, 7) is 2.04. The van der Waals surface area contributed by atoms with Crippen LogP contribution in [-0.4, -0.2) is 28.5 Å². The number of nitrogens with zero attached hydrogens (tertiary/aromatic N) is 2. The smallest absolute Gasteiger partial charge is 0.345 e. The van der Waals surface area contributed by atoms with Crippen LogP contribution in [0.15, 0.2) is 66.7 Å². The average Bonchev–Trinajstić information content (AvgIpc) is 2.72. The first-order chi connectivity index (χ1) is 13.7. The third-order valence-electron chi connectivity index (χ3n) is 4.17. The Balaban J connectivity index is 1.63. The van der Waals surface area contributed by atoms with Crippen molar-refractivity contribution in [3.05, 3.63) is 77.9 Å². The number of ether oxygens (including phenoxy) is 2. The first-order valence-corrected chi connectivity index (χ1v) is 8.80. The van der Waals surface area contributed by atoms with Gasteiger partial charge in [-0.15, -0.1) is 0 Å². The second-order valence-electron chi connectivity index (χ2n) is 6.02. The van der Waals surface area contributed by atoms with Crippen LogP contribution in [0, 0.1) is 0 Å². The standard InChI is InChI=1S/C22H16N2O4/c1-2-27-21(25)14-10-12-15(13-11-14)28-22(26)16-6-5-9-19-20(16)24-18-8-4-3-7-17(18)23-19/h3-13H,2H2,1H3. The van der Waals surface area contributed by atoms with Gasteiger partial charge in [-0.1, -0.05) is 18.2 Å². The van der Waals surface area contributed by atoms with E-state index < -0.39 is 11.9 Å². The molecule has 6 nitrogen and oxygen atoms in total. The molecule has 0 amide bonds. The molecule has 1 heterocycles. The largest absolute Gasteiger partial charge is 0.462 e. The zero-order chi connectivity index (χ0) is 19.5. The summed E-state index contributed by atoms with van der Waals surface area (Å²) in [5.74, 6) is -0.639. The number of carbonyl (C=O) groups is 2. The highest BCUT2D eigenvalue weighted by atomic mass is 16.5. The topological polar surface area (TPSA) is 78.4 Å². The molecule has 0 N–H and O–H groups in total. The van der Waals surface area contributed by atoms with E-state index in [4.69, 9.17) is 9.47 Å². The van der Waals surface area contributed by atoms with Gasteiger partial charge in [0.05, 0.1) is 34.3 Å². The Morgan fingerprint density at radius 1 is 0.786 bits per heavy atom. The summed E-state index contributed by atoms with van der Waals surface area (Å²) < 4.78 is 10.4. The molecule has 0 atom stereocenters. The monoisotopic (exact) mass is 372 g/mol. The second kappa shape index (κ2) is 7.44. The molecule has 0 saturated heterocycles. The van der Waals surface area contributed by atoms with E-state index in [2.05, 4.69) is 9.97 Å². The van der Waals surface area contributed by atoms with Crippen molar-refractivity contribution in [2.75, 3.05) is 6.61 Å². The molecule has 6 heteroatoms. The third-order valence-corrected chi connectivity index (χ3v) is 4.17. The molecule has 0 aliphatic heterocycles. The maximum absolute atomic E-state index is 12.7. The van der Waals surface area contributed by atoms with Crippen LogP contribution >= 0.6 is 0 Å². The Hall–Kier alpha value is -3.80. The van der Waals surface area contributed by atoms with Gasteiger partial charge in [0.2, 0.25) is 0 Å². The summed E-state index contributed by atoms with van der Waals surface area (Å²) in [6.07, 6.45) is 0. The van der Waals surface area contributed by atoms with Crippen molar-refractivity contribution < 1.29 is 19.1 Å². The van der Waals surface area contributed by atoms with Crippen molar-refractivity contribution in [2.24, 2.45) is 0 Å². The van der Waals surface area contributed by atoms with Gasteiger partial charge in [-0.25, -0.2) is 19.6 Å². The maximum Gasteiger partial charge on any atom is 0.345 e. The fourth-order valence-electron chi connectivity index (χ4n) is 2.84. The van der Waals surface area contributed by atoms with Crippen LogP contribution in [-0.2, 0) is 4.74 Å². The van der Waals surface area contributed by atoms with Gasteiger partial charge in [0.15, 0.2) is 0 Å². The number of para-hydroxylation sites is 3. The van der Waals surface area contributed by atoms with E-state index in [1.54, 1.807) is 49.4 Å². The average molecular weight is 372 g/mol. The maximum atomic E-state index is 12.7. The van der Waals surface area contributed by atoms with Crippen LogP contribution in [0.1, 0.15) is 27.6 Å².